The highest BCUT2D eigenvalue weighted by atomic mass is 19.3. The zero-order valence-corrected chi connectivity index (χ0v) is 17.8. The number of aliphatic hydroxyl groups is 1. The number of imidazole rings is 1. The van der Waals surface area contributed by atoms with Crippen LogP contribution in [0.2, 0.25) is 0 Å². The van der Waals surface area contributed by atoms with E-state index in [0.29, 0.717) is 33.7 Å². The topological polar surface area (TPSA) is 59.7 Å². The summed E-state index contributed by atoms with van der Waals surface area (Å²) in [7, 11) is 0. The van der Waals surface area contributed by atoms with Crippen molar-refractivity contribution in [3.63, 3.8) is 0 Å². The molecule has 3 aromatic heterocycles. The number of pyridine rings is 2. The minimum absolute atomic E-state index is 0.0885. The number of benzene rings is 1. The van der Waals surface area contributed by atoms with Gasteiger partial charge in [0.25, 0.3) is 0 Å². The average Bonchev–Trinajstić information content (AvgIpc) is 3.02. The standard InChI is InChI=1S/C24H22F3N3O2/c1-14-19(10-15-6-4-5-7-20(15)32-23(26)27)30-13-17(18(25)11-22(30)29-14)16-8-9-21(28-12-16)24(2,3)31/h4-9,11-13,23,31H,10H2,1-3H3. The molecule has 0 aliphatic carbocycles. The summed E-state index contributed by atoms with van der Waals surface area (Å²) in [6.07, 6.45) is 3.40. The molecule has 0 aliphatic heterocycles. The Labute approximate surface area is 183 Å². The largest absolute Gasteiger partial charge is 0.435 e. The monoisotopic (exact) mass is 441 g/mol. The van der Waals surface area contributed by atoms with Crippen LogP contribution in [0, 0.1) is 12.7 Å². The van der Waals surface area contributed by atoms with E-state index in [2.05, 4.69) is 14.7 Å². The van der Waals surface area contributed by atoms with Crippen molar-refractivity contribution >= 4 is 5.65 Å². The lowest BCUT2D eigenvalue weighted by Crippen LogP contribution is -2.17. The molecule has 0 atom stereocenters. The second-order valence-electron chi connectivity index (χ2n) is 8.06. The smallest absolute Gasteiger partial charge is 0.387 e. The molecule has 0 saturated carbocycles. The van der Waals surface area contributed by atoms with E-state index in [1.54, 1.807) is 61.7 Å². The highest BCUT2D eigenvalue weighted by molar-refractivity contribution is 5.65. The zero-order chi connectivity index (χ0) is 23.0. The summed E-state index contributed by atoms with van der Waals surface area (Å²) in [5.41, 5.74) is 2.57. The number of fused-ring (bicyclic) bond motifs is 1. The average molecular weight is 441 g/mol. The van der Waals surface area contributed by atoms with Gasteiger partial charge in [-0.15, -0.1) is 0 Å². The highest BCUT2D eigenvalue weighted by Gasteiger charge is 2.19. The normalized spacial score (nSPS) is 12.0. The Bertz CT molecular complexity index is 1260. The maximum Gasteiger partial charge on any atom is 0.387 e. The molecule has 0 amide bonds. The van der Waals surface area contributed by atoms with Gasteiger partial charge in [-0.2, -0.15) is 8.78 Å². The predicted molar refractivity (Wildman–Crippen MR) is 114 cm³/mol. The van der Waals surface area contributed by atoms with E-state index < -0.39 is 18.0 Å². The predicted octanol–water partition coefficient (Wildman–Crippen LogP) is 5.26. The first-order valence-corrected chi connectivity index (χ1v) is 10.0. The fourth-order valence-corrected chi connectivity index (χ4v) is 3.61. The fraction of sp³-hybridized carbons (Fsp3) is 0.250. The van der Waals surface area contributed by atoms with Gasteiger partial charge in [0.05, 0.1) is 11.4 Å². The number of aryl methyl sites for hydroxylation is 1. The SMILES string of the molecule is Cc1nc2cc(F)c(-c3ccc(C(C)(C)O)nc3)cn2c1Cc1ccccc1OC(F)F. The van der Waals surface area contributed by atoms with Crippen molar-refractivity contribution in [3.8, 4) is 16.9 Å². The Morgan fingerprint density at radius 2 is 1.91 bits per heavy atom. The maximum atomic E-state index is 14.9. The second kappa shape index (κ2) is 8.27. The first-order valence-electron chi connectivity index (χ1n) is 10.0. The van der Waals surface area contributed by atoms with Crippen LogP contribution in [-0.4, -0.2) is 26.1 Å². The highest BCUT2D eigenvalue weighted by Crippen LogP contribution is 2.29. The van der Waals surface area contributed by atoms with E-state index in [1.807, 2.05) is 0 Å². The van der Waals surface area contributed by atoms with Crippen molar-refractivity contribution in [1.82, 2.24) is 14.4 Å². The zero-order valence-electron chi connectivity index (χ0n) is 17.8. The van der Waals surface area contributed by atoms with Gasteiger partial charge in [-0.3, -0.25) is 4.98 Å². The first kappa shape index (κ1) is 21.8. The Balaban J connectivity index is 1.77. The minimum Gasteiger partial charge on any atom is -0.435 e. The fourth-order valence-electron chi connectivity index (χ4n) is 3.61. The number of nitrogens with zero attached hydrogens (tertiary/aromatic N) is 3. The Hall–Kier alpha value is -3.39. The minimum atomic E-state index is -2.93. The third kappa shape index (κ3) is 4.31. The quantitative estimate of drug-likeness (QED) is 0.443. The molecule has 166 valence electrons. The van der Waals surface area contributed by atoms with E-state index in [4.69, 9.17) is 0 Å². The van der Waals surface area contributed by atoms with Crippen LogP contribution in [0.15, 0.2) is 54.9 Å². The van der Waals surface area contributed by atoms with E-state index >= 15 is 0 Å². The molecule has 0 bridgehead atoms. The molecule has 5 nitrogen and oxygen atoms in total. The van der Waals surface area contributed by atoms with E-state index in [9.17, 15) is 18.3 Å². The van der Waals surface area contributed by atoms with Gasteiger partial charge in [-0.25, -0.2) is 9.37 Å². The summed E-state index contributed by atoms with van der Waals surface area (Å²) in [4.78, 5) is 8.68. The molecule has 1 N–H and O–H groups in total. The molecule has 0 fully saturated rings. The summed E-state index contributed by atoms with van der Waals surface area (Å²) in [6, 6.07) is 11.2. The number of halogens is 3. The van der Waals surface area contributed by atoms with Crippen molar-refractivity contribution in [3.05, 3.63) is 83.3 Å². The molecule has 4 rings (SSSR count). The summed E-state index contributed by atoms with van der Waals surface area (Å²) in [6.45, 7) is 2.10. The number of rotatable bonds is 6. The summed E-state index contributed by atoms with van der Waals surface area (Å²) < 4.78 is 46.9. The third-order valence-electron chi connectivity index (χ3n) is 5.26. The molecule has 1 aromatic carbocycles. The lowest BCUT2D eigenvalue weighted by atomic mass is 10.0. The van der Waals surface area contributed by atoms with Crippen molar-refractivity contribution in [2.75, 3.05) is 0 Å². The lowest BCUT2D eigenvalue weighted by molar-refractivity contribution is -0.0504. The molecular formula is C24H22F3N3O2. The van der Waals surface area contributed by atoms with Crippen molar-refractivity contribution in [2.45, 2.75) is 39.4 Å². The Morgan fingerprint density at radius 3 is 2.56 bits per heavy atom. The Morgan fingerprint density at radius 1 is 1.16 bits per heavy atom. The third-order valence-corrected chi connectivity index (χ3v) is 5.26. The van der Waals surface area contributed by atoms with Crippen LogP contribution >= 0.6 is 0 Å². The molecule has 0 radical (unpaired) electrons. The number of para-hydroxylation sites is 1. The molecule has 8 heteroatoms. The lowest BCUT2D eigenvalue weighted by Gasteiger charge is -2.16. The van der Waals surface area contributed by atoms with Gasteiger partial charge < -0.3 is 14.2 Å². The van der Waals surface area contributed by atoms with Crippen molar-refractivity contribution in [1.29, 1.82) is 0 Å². The van der Waals surface area contributed by atoms with Gasteiger partial charge in [0.1, 0.15) is 22.8 Å². The molecule has 32 heavy (non-hydrogen) atoms. The Kier molecular flexibility index (Phi) is 5.64. The van der Waals surface area contributed by atoms with E-state index in [1.165, 1.54) is 18.3 Å². The molecule has 0 spiro atoms. The molecule has 3 heterocycles. The number of hydrogen-bond donors (Lipinski definition) is 1. The molecule has 0 saturated heterocycles. The van der Waals surface area contributed by atoms with Crippen molar-refractivity contribution in [2.24, 2.45) is 0 Å². The summed E-state index contributed by atoms with van der Waals surface area (Å²) in [5.74, 6) is -0.376. The van der Waals surface area contributed by atoms with Crippen LogP contribution in [0.4, 0.5) is 13.2 Å². The van der Waals surface area contributed by atoms with Crippen molar-refractivity contribution < 1.29 is 23.0 Å². The van der Waals surface area contributed by atoms with Crippen LogP contribution in [0.25, 0.3) is 16.8 Å². The number of aromatic nitrogens is 3. The van der Waals surface area contributed by atoms with Crippen LogP contribution in [0.3, 0.4) is 0 Å². The maximum absolute atomic E-state index is 14.9. The second-order valence-corrected chi connectivity index (χ2v) is 8.06. The molecular weight excluding hydrogens is 419 g/mol. The summed E-state index contributed by atoms with van der Waals surface area (Å²) >= 11 is 0. The van der Waals surface area contributed by atoms with Gasteiger partial charge in [0, 0.05) is 47.3 Å². The summed E-state index contributed by atoms with van der Waals surface area (Å²) in [5, 5.41) is 10.1. The van der Waals surface area contributed by atoms with Gasteiger partial charge in [0.2, 0.25) is 0 Å². The molecule has 4 aromatic rings. The van der Waals surface area contributed by atoms with Gasteiger partial charge in [-0.1, -0.05) is 24.3 Å². The number of alkyl halides is 2. The number of ether oxygens (including phenoxy) is 1. The van der Waals surface area contributed by atoms with E-state index in [-0.39, 0.29) is 12.2 Å². The van der Waals surface area contributed by atoms with E-state index in [0.717, 1.165) is 5.69 Å². The van der Waals surface area contributed by atoms with Crippen LogP contribution in [0.5, 0.6) is 5.75 Å². The van der Waals surface area contributed by atoms with Gasteiger partial charge >= 0.3 is 6.61 Å². The van der Waals surface area contributed by atoms with Crippen LogP contribution in [0.1, 0.15) is 36.5 Å². The first-order chi connectivity index (χ1) is 15.1. The van der Waals surface area contributed by atoms with Crippen LogP contribution in [-0.2, 0) is 12.0 Å². The van der Waals surface area contributed by atoms with Gasteiger partial charge in [-0.05, 0) is 32.9 Å². The van der Waals surface area contributed by atoms with Crippen LogP contribution < -0.4 is 4.74 Å². The van der Waals surface area contributed by atoms with Gasteiger partial charge in [0.15, 0.2) is 0 Å². The molecule has 0 unspecified atom stereocenters. The molecule has 0 aliphatic rings. The number of hydrogen-bond acceptors (Lipinski definition) is 4.